The van der Waals surface area contributed by atoms with Crippen LogP contribution in [0, 0.1) is 0 Å². The van der Waals surface area contributed by atoms with E-state index in [1.807, 2.05) is 0 Å². The van der Waals surface area contributed by atoms with Crippen molar-refractivity contribution in [2.45, 2.75) is 19.3 Å². The minimum Gasteiger partial charge on any atom is -0.368 e. The molecular weight excluding hydrogens is 209 g/mol. The Morgan fingerprint density at radius 2 is 2.13 bits per heavy atom. The summed E-state index contributed by atoms with van der Waals surface area (Å²) >= 11 is 0. The first-order chi connectivity index (χ1) is 6.94. The van der Waals surface area contributed by atoms with Crippen LogP contribution in [0.5, 0.6) is 0 Å². The Labute approximate surface area is 83.9 Å². The number of hydrogen-bond donors (Lipinski definition) is 1. The largest absolute Gasteiger partial charge is 0.401 e. The smallest absolute Gasteiger partial charge is 0.368 e. The van der Waals surface area contributed by atoms with E-state index in [0.29, 0.717) is 11.3 Å². The third kappa shape index (κ3) is 2.35. The molecule has 15 heavy (non-hydrogen) atoms. The van der Waals surface area contributed by atoms with Crippen LogP contribution in [-0.4, -0.2) is 27.6 Å². The molecule has 1 aliphatic heterocycles. The van der Waals surface area contributed by atoms with Gasteiger partial charge in [-0.2, -0.15) is 13.2 Å². The number of fused-ring (bicyclic) bond motifs is 1. The first-order valence-electron chi connectivity index (χ1n) is 4.33. The van der Waals surface area contributed by atoms with Crippen LogP contribution in [0.4, 0.5) is 19.1 Å². The van der Waals surface area contributed by atoms with Gasteiger partial charge in [0.15, 0.2) is 0 Å². The molecule has 0 spiro atoms. The molecule has 1 aromatic rings. The van der Waals surface area contributed by atoms with Crippen molar-refractivity contribution in [3.63, 3.8) is 0 Å². The average Bonchev–Trinajstić information content (AvgIpc) is 2.42. The van der Waals surface area contributed by atoms with E-state index in [-0.39, 0.29) is 19.0 Å². The van der Waals surface area contributed by atoms with Crippen LogP contribution in [0.25, 0.3) is 0 Å². The molecule has 0 saturated carbocycles. The van der Waals surface area contributed by atoms with Gasteiger partial charge in [-0.3, -0.25) is 4.90 Å². The maximum absolute atomic E-state index is 12.1. The van der Waals surface area contributed by atoms with E-state index in [0.717, 1.165) is 0 Å². The van der Waals surface area contributed by atoms with E-state index >= 15 is 0 Å². The molecule has 2 N–H and O–H groups in total. The summed E-state index contributed by atoms with van der Waals surface area (Å²) in [6, 6.07) is 0. The average molecular weight is 218 g/mol. The third-order valence-corrected chi connectivity index (χ3v) is 2.14. The molecule has 0 bridgehead atoms. The molecule has 2 heterocycles. The fourth-order valence-corrected chi connectivity index (χ4v) is 1.60. The number of nitrogens with two attached hydrogens (primary N) is 1. The molecule has 2 rings (SSSR count). The molecule has 0 radical (unpaired) electrons. The maximum Gasteiger partial charge on any atom is 0.401 e. The predicted octanol–water partition coefficient (Wildman–Crippen LogP) is 0.937. The molecule has 1 aromatic heterocycles. The summed E-state index contributed by atoms with van der Waals surface area (Å²) in [5.74, 6) is 0.0996. The van der Waals surface area contributed by atoms with Gasteiger partial charge in [0, 0.05) is 24.8 Å². The van der Waals surface area contributed by atoms with Crippen molar-refractivity contribution in [2.24, 2.45) is 0 Å². The molecule has 0 aliphatic carbocycles. The van der Waals surface area contributed by atoms with Gasteiger partial charge in [0.25, 0.3) is 0 Å². The van der Waals surface area contributed by atoms with E-state index in [2.05, 4.69) is 9.97 Å². The van der Waals surface area contributed by atoms with Crippen molar-refractivity contribution in [3.8, 4) is 0 Å². The molecule has 0 fully saturated rings. The molecule has 82 valence electrons. The number of nitrogens with zero attached hydrogens (tertiary/aromatic N) is 3. The lowest BCUT2D eigenvalue weighted by Crippen LogP contribution is -2.30. The standard InChI is InChI=1S/C8H9F3N4/c9-8(10,11)4-15-2-5-1-13-7(12)14-6(5)3-15/h1H,2-4H2,(H2,12,13,14). The molecule has 1 aliphatic rings. The fraction of sp³-hybridized carbons (Fsp3) is 0.500. The molecule has 0 atom stereocenters. The second-order valence-corrected chi connectivity index (χ2v) is 3.46. The van der Waals surface area contributed by atoms with Gasteiger partial charge in [-0.1, -0.05) is 0 Å². The van der Waals surface area contributed by atoms with Gasteiger partial charge in [0.2, 0.25) is 5.95 Å². The summed E-state index contributed by atoms with van der Waals surface area (Å²) in [5.41, 5.74) is 6.65. The van der Waals surface area contributed by atoms with E-state index in [1.165, 1.54) is 11.1 Å². The van der Waals surface area contributed by atoms with E-state index in [9.17, 15) is 13.2 Å². The number of aromatic nitrogens is 2. The molecule has 4 nitrogen and oxygen atoms in total. The Hall–Kier alpha value is -1.37. The van der Waals surface area contributed by atoms with Crippen LogP contribution >= 0.6 is 0 Å². The molecule has 7 heteroatoms. The van der Waals surface area contributed by atoms with E-state index in [4.69, 9.17) is 5.73 Å². The lowest BCUT2D eigenvalue weighted by atomic mass is 10.3. The van der Waals surface area contributed by atoms with Crippen LogP contribution in [-0.2, 0) is 13.1 Å². The van der Waals surface area contributed by atoms with Crippen molar-refractivity contribution < 1.29 is 13.2 Å². The lowest BCUT2D eigenvalue weighted by Gasteiger charge is -2.16. The minimum atomic E-state index is -4.18. The van der Waals surface area contributed by atoms with Crippen molar-refractivity contribution in [1.29, 1.82) is 0 Å². The zero-order chi connectivity index (χ0) is 11.1. The summed E-state index contributed by atoms with van der Waals surface area (Å²) < 4.78 is 36.3. The SMILES string of the molecule is Nc1ncc2c(n1)CN(CC(F)(F)F)C2. The fourth-order valence-electron chi connectivity index (χ4n) is 1.60. The van der Waals surface area contributed by atoms with Crippen molar-refractivity contribution >= 4 is 5.95 Å². The molecule has 0 saturated heterocycles. The highest BCUT2D eigenvalue weighted by atomic mass is 19.4. The van der Waals surface area contributed by atoms with Gasteiger partial charge < -0.3 is 5.73 Å². The first-order valence-corrected chi connectivity index (χ1v) is 4.33. The Morgan fingerprint density at radius 1 is 1.40 bits per heavy atom. The van der Waals surface area contributed by atoms with Crippen LogP contribution in [0.3, 0.4) is 0 Å². The number of halogens is 3. The van der Waals surface area contributed by atoms with Gasteiger partial charge in [-0.05, 0) is 0 Å². The Balaban J connectivity index is 2.09. The van der Waals surface area contributed by atoms with Crippen LogP contribution in [0.1, 0.15) is 11.3 Å². The predicted molar refractivity (Wildman–Crippen MR) is 46.6 cm³/mol. The zero-order valence-electron chi connectivity index (χ0n) is 7.75. The molecule has 0 amide bonds. The van der Waals surface area contributed by atoms with Gasteiger partial charge in [0.05, 0.1) is 12.2 Å². The van der Waals surface area contributed by atoms with Crippen molar-refractivity contribution in [2.75, 3.05) is 12.3 Å². The summed E-state index contributed by atoms with van der Waals surface area (Å²) in [5, 5.41) is 0. The lowest BCUT2D eigenvalue weighted by molar-refractivity contribution is -0.147. The molecular formula is C8H9F3N4. The second-order valence-electron chi connectivity index (χ2n) is 3.46. The Bertz CT molecular complexity index is 377. The summed E-state index contributed by atoms with van der Waals surface area (Å²) in [4.78, 5) is 8.89. The Morgan fingerprint density at radius 3 is 2.80 bits per heavy atom. The highest BCUT2D eigenvalue weighted by molar-refractivity contribution is 5.27. The number of alkyl halides is 3. The first kappa shape index (κ1) is 10.2. The van der Waals surface area contributed by atoms with Crippen molar-refractivity contribution in [3.05, 3.63) is 17.5 Å². The van der Waals surface area contributed by atoms with Gasteiger partial charge >= 0.3 is 6.18 Å². The van der Waals surface area contributed by atoms with E-state index in [1.54, 1.807) is 0 Å². The summed E-state index contributed by atoms with van der Waals surface area (Å²) in [6.45, 7) is -0.514. The summed E-state index contributed by atoms with van der Waals surface area (Å²) in [7, 11) is 0. The Kier molecular flexibility index (Phi) is 2.26. The zero-order valence-corrected chi connectivity index (χ0v) is 7.75. The van der Waals surface area contributed by atoms with E-state index < -0.39 is 12.7 Å². The van der Waals surface area contributed by atoms with Gasteiger partial charge in [-0.15, -0.1) is 0 Å². The molecule has 0 unspecified atom stereocenters. The highest BCUT2D eigenvalue weighted by Gasteiger charge is 2.33. The topological polar surface area (TPSA) is 55.0 Å². The third-order valence-electron chi connectivity index (χ3n) is 2.14. The summed E-state index contributed by atoms with van der Waals surface area (Å²) in [6.07, 6.45) is -2.70. The second kappa shape index (κ2) is 3.34. The number of rotatable bonds is 1. The van der Waals surface area contributed by atoms with Crippen LogP contribution in [0.15, 0.2) is 6.20 Å². The quantitative estimate of drug-likeness (QED) is 0.762. The number of nitrogen functional groups attached to an aromatic ring is 1. The minimum absolute atomic E-state index is 0.0996. The van der Waals surface area contributed by atoms with Crippen molar-refractivity contribution in [1.82, 2.24) is 14.9 Å². The monoisotopic (exact) mass is 218 g/mol. The van der Waals surface area contributed by atoms with Crippen LogP contribution in [0.2, 0.25) is 0 Å². The van der Waals surface area contributed by atoms with Crippen LogP contribution < -0.4 is 5.73 Å². The van der Waals surface area contributed by atoms with Gasteiger partial charge in [0.1, 0.15) is 0 Å². The molecule has 0 aromatic carbocycles. The maximum atomic E-state index is 12.1. The number of hydrogen-bond acceptors (Lipinski definition) is 4. The normalized spacial score (nSPS) is 16.7. The van der Waals surface area contributed by atoms with Gasteiger partial charge in [-0.25, -0.2) is 9.97 Å². The number of anilines is 1. The highest BCUT2D eigenvalue weighted by Crippen LogP contribution is 2.25.